The van der Waals surface area contributed by atoms with E-state index in [1.165, 1.54) is 29.5 Å². The fourth-order valence-electron chi connectivity index (χ4n) is 1.50. The van der Waals surface area contributed by atoms with Crippen LogP contribution in [0.2, 0.25) is 5.02 Å². The van der Waals surface area contributed by atoms with Crippen LogP contribution >= 0.6 is 22.9 Å². The van der Waals surface area contributed by atoms with Gasteiger partial charge in [0.2, 0.25) is 0 Å². The third kappa shape index (κ3) is 3.93. The first kappa shape index (κ1) is 15.3. The molecule has 1 aromatic heterocycles. The van der Waals surface area contributed by atoms with Gasteiger partial charge in [-0.3, -0.25) is 9.59 Å². The first-order valence-corrected chi connectivity index (χ1v) is 6.98. The number of carbonyl (C=O) groups excluding carboxylic acids is 2. The van der Waals surface area contributed by atoms with Crippen molar-refractivity contribution >= 4 is 39.8 Å². The molecule has 0 spiro atoms. The van der Waals surface area contributed by atoms with Crippen molar-refractivity contribution < 1.29 is 18.7 Å². The van der Waals surface area contributed by atoms with E-state index in [1.54, 1.807) is 5.38 Å². The summed E-state index contributed by atoms with van der Waals surface area (Å²) in [5.41, 5.74) is 5.40. The number of rotatable bonds is 5. The Kier molecular flexibility index (Phi) is 4.77. The second kappa shape index (κ2) is 6.55. The lowest BCUT2D eigenvalue weighted by molar-refractivity contribution is -0.118. The van der Waals surface area contributed by atoms with Crippen molar-refractivity contribution in [2.75, 3.05) is 11.9 Å². The van der Waals surface area contributed by atoms with Crippen molar-refractivity contribution in [1.29, 1.82) is 0 Å². The number of amides is 2. The number of benzene rings is 1. The van der Waals surface area contributed by atoms with Gasteiger partial charge in [-0.25, -0.2) is 4.39 Å². The summed E-state index contributed by atoms with van der Waals surface area (Å²) in [6.45, 7) is -0.332. The number of nitrogens with one attached hydrogen (secondary N) is 1. The minimum Gasteiger partial charge on any atom is -0.482 e. The Morgan fingerprint density at radius 3 is 2.81 bits per heavy atom. The van der Waals surface area contributed by atoms with Crippen LogP contribution in [-0.2, 0) is 4.79 Å². The van der Waals surface area contributed by atoms with Crippen molar-refractivity contribution in [3.05, 3.63) is 46.0 Å². The highest BCUT2D eigenvalue weighted by molar-refractivity contribution is 7.14. The van der Waals surface area contributed by atoms with E-state index in [2.05, 4.69) is 5.32 Å². The molecule has 0 aliphatic heterocycles. The molecule has 8 heteroatoms. The van der Waals surface area contributed by atoms with Crippen LogP contribution < -0.4 is 15.8 Å². The average molecular weight is 329 g/mol. The van der Waals surface area contributed by atoms with Gasteiger partial charge < -0.3 is 15.8 Å². The van der Waals surface area contributed by atoms with Crippen molar-refractivity contribution in [3.63, 3.8) is 0 Å². The standard InChI is InChI=1S/C13H10ClFN2O3S/c14-9-5-7(15)1-2-10(9)20-6-11(18)17-13-8(12(16)19)3-4-21-13/h1-5H,6H2,(H2,16,19)(H,17,18). The van der Waals surface area contributed by atoms with Crippen molar-refractivity contribution in [2.24, 2.45) is 5.73 Å². The van der Waals surface area contributed by atoms with Crippen molar-refractivity contribution in [3.8, 4) is 5.75 Å². The fourth-order valence-corrected chi connectivity index (χ4v) is 2.53. The molecule has 1 heterocycles. The van der Waals surface area contributed by atoms with Gasteiger partial charge in [0, 0.05) is 0 Å². The second-order valence-corrected chi connectivity index (χ2v) is 5.26. The highest BCUT2D eigenvalue weighted by Crippen LogP contribution is 2.25. The predicted octanol–water partition coefficient (Wildman–Crippen LogP) is 2.66. The highest BCUT2D eigenvalue weighted by Gasteiger charge is 2.13. The molecule has 0 aliphatic rings. The Hall–Kier alpha value is -2.12. The highest BCUT2D eigenvalue weighted by atomic mass is 35.5. The van der Waals surface area contributed by atoms with Crippen LogP contribution in [0.4, 0.5) is 9.39 Å². The minimum absolute atomic E-state index is 0.0664. The molecule has 3 N–H and O–H groups in total. The van der Waals surface area contributed by atoms with E-state index < -0.39 is 17.6 Å². The van der Waals surface area contributed by atoms with Gasteiger partial charge in [-0.2, -0.15) is 0 Å². The summed E-state index contributed by atoms with van der Waals surface area (Å²) in [4.78, 5) is 22.9. The number of nitrogens with two attached hydrogens (primary N) is 1. The number of ether oxygens (including phenoxy) is 1. The second-order valence-electron chi connectivity index (χ2n) is 3.94. The third-order valence-electron chi connectivity index (χ3n) is 2.44. The smallest absolute Gasteiger partial charge is 0.262 e. The molecule has 0 unspecified atom stereocenters. The number of hydrogen-bond acceptors (Lipinski definition) is 4. The fraction of sp³-hybridized carbons (Fsp3) is 0.0769. The molecule has 0 saturated carbocycles. The van der Waals surface area contributed by atoms with E-state index in [9.17, 15) is 14.0 Å². The first-order valence-electron chi connectivity index (χ1n) is 5.72. The lowest BCUT2D eigenvalue weighted by Crippen LogP contribution is -2.21. The molecule has 1 aromatic carbocycles. The van der Waals surface area contributed by atoms with Crippen LogP contribution in [0.3, 0.4) is 0 Å². The summed E-state index contributed by atoms with van der Waals surface area (Å²) >= 11 is 6.94. The Morgan fingerprint density at radius 2 is 2.14 bits per heavy atom. The Morgan fingerprint density at radius 1 is 1.38 bits per heavy atom. The van der Waals surface area contributed by atoms with Gasteiger partial charge >= 0.3 is 0 Å². The van der Waals surface area contributed by atoms with E-state index >= 15 is 0 Å². The summed E-state index contributed by atoms with van der Waals surface area (Å²) in [7, 11) is 0. The maximum Gasteiger partial charge on any atom is 0.262 e. The van der Waals surface area contributed by atoms with Crippen LogP contribution in [-0.4, -0.2) is 18.4 Å². The number of hydrogen-bond donors (Lipinski definition) is 2. The van der Waals surface area contributed by atoms with E-state index in [1.807, 2.05) is 0 Å². The van der Waals surface area contributed by atoms with Crippen LogP contribution in [0.25, 0.3) is 0 Å². The van der Waals surface area contributed by atoms with Crippen LogP contribution in [0.15, 0.2) is 29.6 Å². The molecule has 110 valence electrons. The molecule has 0 aliphatic carbocycles. The average Bonchev–Trinajstić information content (AvgIpc) is 2.86. The van der Waals surface area contributed by atoms with Crippen molar-refractivity contribution in [2.45, 2.75) is 0 Å². The molecule has 2 amide bonds. The van der Waals surface area contributed by atoms with Gasteiger partial charge in [0.15, 0.2) is 6.61 Å². The SMILES string of the molecule is NC(=O)c1ccsc1NC(=O)COc1ccc(F)cc1Cl. The summed E-state index contributed by atoms with van der Waals surface area (Å²) in [6.07, 6.45) is 0. The number of halogens is 2. The summed E-state index contributed by atoms with van der Waals surface area (Å²) in [5, 5.41) is 4.56. The maximum atomic E-state index is 12.9. The van der Waals surface area contributed by atoms with Gasteiger partial charge in [-0.05, 0) is 29.6 Å². The summed E-state index contributed by atoms with van der Waals surface area (Å²) in [5.74, 6) is -1.43. The zero-order chi connectivity index (χ0) is 15.4. The largest absolute Gasteiger partial charge is 0.482 e. The van der Waals surface area contributed by atoms with Gasteiger partial charge in [0.05, 0.1) is 10.6 Å². The molecular weight excluding hydrogens is 319 g/mol. The maximum absolute atomic E-state index is 12.9. The number of thiophene rings is 1. The Balaban J connectivity index is 1.96. The van der Waals surface area contributed by atoms with Gasteiger partial charge in [0.1, 0.15) is 16.6 Å². The van der Waals surface area contributed by atoms with Crippen LogP contribution in [0, 0.1) is 5.82 Å². The first-order chi connectivity index (χ1) is 9.97. The molecule has 2 aromatic rings. The lowest BCUT2D eigenvalue weighted by atomic mass is 10.3. The normalized spacial score (nSPS) is 10.2. The molecule has 5 nitrogen and oxygen atoms in total. The molecular formula is C13H10ClFN2O3S. The molecule has 0 radical (unpaired) electrons. The zero-order valence-electron chi connectivity index (χ0n) is 10.6. The number of primary amides is 1. The predicted molar refractivity (Wildman–Crippen MR) is 78.4 cm³/mol. The Bertz CT molecular complexity index is 690. The molecule has 21 heavy (non-hydrogen) atoms. The topological polar surface area (TPSA) is 81.4 Å². The van der Waals surface area contributed by atoms with E-state index in [4.69, 9.17) is 22.1 Å². The zero-order valence-corrected chi connectivity index (χ0v) is 12.1. The lowest BCUT2D eigenvalue weighted by Gasteiger charge is -2.08. The minimum atomic E-state index is -0.631. The molecule has 2 rings (SSSR count). The summed E-state index contributed by atoms with van der Waals surface area (Å²) in [6, 6.07) is 5.09. The van der Waals surface area contributed by atoms with Crippen molar-refractivity contribution in [1.82, 2.24) is 0 Å². The molecule has 0 fully saturated rings. The summed E-state index contributed by atoms with van der Waals surface area (Å²) < 4.78 is 18.0. The van der Waals surface area contributed by atoms with Gasteiger partial charge in [-0.1, -0.05) is 11.6 Å². The molecule has 0 saturated heterocycles. The van der Waals surface area contributed by atoms with Crippen LogP contribution in [0.1, 0.15) is 10.4 Å². The van der Waals surface area contributed by atoms with E-state index in [-0.39, 0.29) is 22.9 Å². The molecule has 0 atom stereocenters. The Labute approximate surface area is 128 Å². The monoisotopic (exact) mass is 328 g/mol. The van der Waals surface area contributed by atoms with Gasteiger partial charge in [0.25, 0.3) is 11.8 Å². The third-order valence-corrected chi connectivity index (χ3v) is 3.56. The van der Waals surface area contributed by atoms with E-state index in [0.717, 1.165) is 6.07 Å². The quantitative estimate of drug-likeness (QED) is 0.885. The molecule has 0 bridgehead atoms. The van der Waals surface area contributed by atoms with Gasteiger partial charge in [-0.15, -0.1) is 11.3 Å². The van der Waals surface area contributed by atoms with E-state index in [0.29, 0.717) is 5.00 Å². The number of carbonyl (C=O) groups is 2. The van der Waals surface area contributed by atoms with Crippen LogP contribution in [0.5, 0.6) is 5.75 Å². The number of anilines is 1.